The molecular weight excluding hydrogens is 190 g/mol. The van der Waals surface area contributed by atoms with Gasteiger partial charge in [-0.25, -0.2) is 4.98 Å². The van der Waals surface area contributed by atoms with Gasteiger partial charge in [0.1, 0.15) is 0 Å². The van der Waals surface area contributed by atoms with Crippen molar-refractivity contribution in [3.05, 3.63) is 18.3 Å². The number of aromatic nitrogens is 1. The van der Waals surface area contributed by atoms with Crippen LogP contribution in [-0.4, -0.2) is 37.8 Å². The number of hydrogen-bond acceptors (Lipinski definition) is 4. The summed E-state index contributed by atoms with van der Waals surface area (Å²) in [7, 11) is 0. The van der Waals surface area contributed by atoms with E-state index in [2.05, 4.69) is 15.2 Å². The van der Waals surface area contributed by atoms with Gasteiger partial charge in [0.05, 0.1) is 6.61 Å². The lowest BCUT2D eigenvalue weighted by atomic mass is 10.3. The van der Waals surface area contributed by atoms with Gasteiger partial charge < -0.3 is 15.0 Å². The van der Waals surface area contributed by atoms with E-state index >= 15 is 0 Å². The second-order valence-corrected chi connectivity index (χ2v) is 3.50. The molecule has 0 amide bonds. The molecule has 0 atom stereocenters. The maximum absolute atomic E-state index is 5.57. The van der Waals surface area contributed by atoms with Gasteiger partial charge in [-0.15, -0.1) is 0 Å². The third-order valence-corrected chi connectivity index (χ3v) is 2.47. The summed E-state index contributed by atoms with van der Waals surface area (Å²) in [4.78, 5) is 6.66. The topological polar surface area (TPSA) is 37.4 Å². The summed E-state index contributed by atoms with van der Waals surface area (Å²) in [6, 6.07) is 3.89. The summed E-state index contributed by atoms with van der Waals surface area (Å²) < 4.78 is 5.57. The fraction of sp³-hybridized carbons (Fsp3) is 0.545. The Balaban J connectivity index is 2.17. The van der Waals surface area contributed by atoms with Gasteiger partial charge in [0.15, 0.2) is 11.6 Å². The molecule has 1 aromatic heterocycles. The van der Waals surface area contributed by atoms with E-state index in [-0.39, 0.29) is 0 Å². The Morgan fingerprint density at radius 1 is 1.47 bits per heavy atom. The Morgan fingerprint density at radius 3 is 3.00 bits per heavy atom. The van der Waals surface area contributed by atoms with Crippen molar-refractivity contribution in [1.82, 2.24) is 10.3 Å². The number of pyridine rings is 1. The first kappa shape index (κ1) is 10.2. The number of nitrogens with one attached hydrogen (secondary N) is 1. The molecule has 1 N–H and O–H groups in total. The van der Waals surface area contributed by atoms with Crippen molar-refractivity contribution in [3.8, 4) is 5.75 Å². The van der Waals surface area contributed by atoms with Crippen LogP contribution in [0.2, 0.25) is 0 Å². The van der Waals surface area contributed by atoms with Gasteiger partial charge in [0, 0.05) is 32.4 Å². The highest BCUT2D eigenvalue weighted by Crippen LogP contribution is 2.25. The van der Waals surface area contributed by atoms with Crippen LogP contribution in [0.25, 0.3) is 0 Å². The zero-order chi connectivity index (χ0) is 10.5. The smallest absolute Gasteiger partial charge is 0.171 e. The van der Waals surface area contributed by atoms with E-state index in [0.717, 1.165) is 37.7 Å². The molecule has 1 aliphatic heterocycles. The fourth-order valence-corrected chi connectivity index (χ4v) is 1.76. The standard InChI is InChI=1S/C11H17N3O/c1-2-15-10-4-3-5-13-11(10)14-8-6-12-7-9-14/h3-5,12H,2,6-9H2,1H3. The molecule has 1 fully saturated rings. The lowest BCUT2D eigenvalue weighted by Crippen LogP contribution is -2.44. The summed E-state index contributed by atoms with van der Waals surface area (Å²) in [6.45, 7) is 6.71. The number of anilines is 1. The van der Waals surface area contributed by atoms with E-state index in [1.54, 1.807) is 0 Å². The highest BCUT2D eigenvalue weighted by atomic mass is 16.5. The van der Waals surface area contributed by atoms with Crippen molar-refractivity contribution in [2.75, 3.05) is 37.7 Å². The Hall–Kier alpha value is -1.29. The zero-order valence-corrected chi connectivity index (χ0v) is 9.07. The first-order valence-electron chi connectivity index (χ1n) is 5.45. The predicted octanol–water partition coefficient (Wildman–Crippen LogP) is 0.890. The number of hydrogen-bond donors (Lipinski definition) is 1. The molecule has 2 rings (SSSR count). The maximum atomic E-state index is 5.57. The van der Waals surface area contributed by atoms with Gasteiger partial charge in [-0.1, -0.05) is 0 Å². The monoisotopic (exact) mass is 207 g/mol. The van der Waals surface area contributed by atoms with E-state index in [9.17, 15) is 0 Å². The molecule has 0 aliphatic carbocycles. The van der Waals surface area contributed by atoms with Gasteiger partial charge >= 0.3 is 0 Å². The lowest BCUT2D eigenvalue weighted by Gasteiger charge is -2.29. The van der Waals surface area contributed by atoms with Crippen LogP contribution in [0.4, 0.5) is 5.82 Å². The van der Waals surface area contributed by atoms with Crippen LogP contribution in [0.5, 0.6) is 5.75 Å². The quantitative estimate of drug-likeness (QED) is 0.798. The van der Waals surface area contributed by atoms with Gasteiger partial charge in [0.2, 0.25) is 0 Å². The molecule has 0 bridgehead atoms. The maximum Gasteiger partial charge on any atom is 0.171 e. The van der Waals surface area contributed by atoms with Gasteiger partial charge in [-0.2, -0.15) is 0 Å². The van der Waals surface area contributed by atoms with Crippen LogP contribution < -0.4 is 15.0 Å². The molecule has 0 spiro atoms. The van der Waals surface area contributed by atoms with Gasteiger partial charge in [-0.05, 0) is 19.1 Å². The lowest BCUT2D eigenvalue weighted by molar-refractivity contribution is 0.338. The second-order valence-electron chi connectivity index (χ2n) is 3.50. The molecule has 1 aliphatic rings. The molecule has 2 heterocycles. The first-order chi connectivity index (χ1) is 7.42. The third-order valence-electron chi connectivity index (χ3n) is 2.47. The number of piperazine rings is 1. The molecule has 4 nitrogen and oxygen atoms in total. The summed E-state index contributed by atoms with van der Waals surface area (Å²) in [5, 5.41) is 3.33. The Labute approximate surface area is 90.3 Å². The van der Waals surface area contributed by atoms with Gasteiger partial charge in [-0.3, -0.25) is 0 Å². The Bertz CT molecular complexity index is 310. The molecule has 0 radical (unpaired) electrons. The summed E-state index contributed by atoms with van der Waals surface area (Å²) in [6.07, 6.45) is 1.82. The fourth-order valence-electron chi connectivity index (χ4n) is 1.76. The molecule has 0 unspecified atom stereocenters. The molecule has 82 valence electrons. The van der Waals surface area contributed by atoms with Crippen molar-refractivity contribution in [2.24, 2.45) is 0 Å². The number of rotatable bonds is 3. The Kier molecular flexibility index (Phi) is 3.40. The summed E-state index contributed by atoms with van der Waals surface area (Å²) in [5.41, 5.74) is 0. The van der Waals surface area contributed by atoms with Crippen LogP contribution in [0.15, 0.2) is 18.3 Å². The highest BCUT2D eigenvalue weighted by molar-refractivity contribution is 5.52. The van der Waals surface area contributed by atoms with Crippen LogP contribution in [0.1, 0.15) is 6.92 Å². The summed E-state index contributed by atoms with van der Waals surface area (Å²) in [5.74, 6) is 1.86. The van der Waals surface area contributed by atoms with E-state index in [1.165, 1.54) is 0 Å². The molecule has 15 heavy (non-hydrogen) atoms. The van der Waals surface area contributed by atoms with E-state index in [4.69, 9.17) is 4.74 Å². The average molecular weight is 207 g/mol. The van der Waals surface area contributed by atoms with Crippen LogP contribution in [0.3, 0.4) is 0 Å². The van der Waals surface area contributed by atoms with Gasteiger partial charge in [0.25, 0.3) is 0 Å². The number of nitrogens with zero attached hydrogens (tertiary/aromatic N) is 2. The first-order valence-corrected chi connectivity index (χ1v) is 5.45. The minimum absolute atomic E-state index is 0.685. The average Bonchev–Trinajstić information content (AvgIpc) is 2.31. The molecule has 0 saturated carbocycles. The largest absolute Gasteiger partial charge is 0.490 e. The zero-order valence-electron chi connectivity index (χ0n) is 9.07. The molecule has 0 aromatic carbocycles. The van der Waals surface area contributed by atoms with E-state index < -0.39 is 0 Å². The molecule has 1 saturated heterocycles. The molecular formula is C11H17N3O. The summed E-state index contributed by atoms with van der Waals surface area (Å²) >= 11 is 0. The van der Waals surface area contributed by atoms with E-state index in [0.29, 0.717) is 6.61 Å². The van der Waals surface area contributed by atoms with Crippen molar-refractivity contribution in [1.29, 1.82) is 0 Å². The second kappa shape index (κ2) is 4.98. The minimum Gasteiger partial charge on any atom is -0.490 e. The number of ether oxygens (including phenoxy) is 1. The SMILES string of the molecule is CCOc1cccnc1N1CCNCC1. The van der Waals surface area contributed by atoms with Crippen molar-refractivity contribution >= 4 is 5.82 Å². The predicted molar refractivity (Wildman–Crippen MR) is 60.5 cm³/mol. The van der Waals surface area contributed by atoms with Crippen LogP contribution in [-0.2, 0) is 0 Å². The molecule has 4 heteroatoms. The van der Waals surface area contributed by atoms with Crippen molar-refractivity contribution in [2.45, 2.75) is 6.92 Å². The van der Waals surface area contributed by atoms with Crippen molar-refractivity contribution in [3.63, 3.8) is 0 Å². The van der Waals surface area contributed by atoms with Crippen LogP contribution >= 0.6 is 0 Å². The minimum atomic E-state index is 0.685. The molecule has 1 aromatic rings. The third kappa shape index (κ3) is 2.39. The van der Waals surface area contributed by atoms with Crippen molar-refractivity contribution < 1.29 is 4.74 Å². The Morgan fingerprint density at radius 2 is 2.27 bits per heavy atom. The normalized spacial score (nSPS) is 16.5. The van der Waals surface area contributed by atoms with E-state index in [1.807, 2.05) is 25.3 Å². The highest BCUT2D eigenvalue weighted by Gasteiger charge is 2.15. The van der Waals surface area contributed by atoms with Crippen LogP contribution in [0, 0.1) is 0 Å².